The van der Waals surface area contributed by atoms with Gasteiger partial charge in [0.1, 0.15) is 0 Å². The van der Waals surface area contributed by atoms with Crippen LogP contribution in [-0.2, 0) is 15.9 Å². The predicted octanol–water partition coefficient (Wildman–Crippen LogP) is 2.57. The Hall–Kier alpha value is -1.37. The number of hydrogen-bond donors (Lipinski definition) is 0. The average Bonchev–Trinajstić information content (AvgIpc) is 2.89. The van der Waals surface area contributed by atoms with Gasteiger partial charge in [-0.2, -0.15) is 0 Å². The lowest BCUT2D eigenvalue weighted by Gasteiger charge is -2.32. The zero-order chi connectivity index (χ0) is 16.8. The van der Waals surface area contributed by atoms with Gasteiger partial charge in [-0.15, -0.1) is 0 Å². The third-order valence-electron chi connectivity index (χ3n) is 4.87. The average molecular weight is 331 g/mol. The van der Waals surface area contributed by atoms with E-state index in [0.29, 0.717) is 6.54 Å². The first-order valence-electron chi connectivity index (χ1n) is 7.80. The van der Waals surface area contributed by atoms with E-state index in [2.05, 4.69) is 0 Å². The monoisotopic (exact) mass is 331 g/mol. The summed E-state index contributed by atoms with van der Waals surface area (Å²) in [4.78, 5) is 12.1. The van der Waals surface area contributed by atoms with Crippen LogP contribution in [0.4, 0.5) is 0 Å². The summed E-state index contributed by atoms with van der Waals surface area (Å²) in [5.74, 6) is 0. The maximum absolute atomic E-state index is 12.0. The molecule has 6 heteroatoms. The smallest absolute Gasteiger partial charge is 0.399 e. The van der Waals surface area contributed by atoms with Gasteiger partial charge in [-0.05, 0) is 45.6 Å². The van der Waals surface area contributed by atoms with Crippen molar-refractivity contribution in [2.45, 2.75) is 52.4 Å². The fourth-order valence-electron chi connectivity index (χ4n) is 2.64. The number of nitrogens with zero attached hydrogens (tertiary/aromatic N) is 1. The van der Waals surface area contributed by atoms with Gasteiger partial charge in [0.15, 0.2) is 0 Å². The van der Waals surface area contributed by atoms with Crippen LogP contribution in [0.25, 0.3) is 0 Å². The van der Waals surface area contributed by atoms with Gasteiger partial charge in [-0.25, -0.2) is 0 Å². The van der Waals surface area contributed by atoms with E-state index in [4.69, 9.17) is 9.31 Å². The number of rotatable bonds is 3. The van der Waals surface area contributed by atoms with Crippen LogP contribution in [0.2, 0.25) is 0 Å². The van der Waals surface area contributed by atoms with Crippen molar-refractivity contribution < 1.29 is 9.31 Å². The lowest BCUT2D eigenvalue weighted by atomic mass is 9.76. The molecule has 0 amide bonds. The highest BCUT2D eigenvalue weighted by Crippen LogP contribution is 2.36. The van der Waals surface area contributed by atoms with Gasteiger partial charge in [0.25, 0.3) is 0 Å². The Morgan fingerprint density at radius 3 is 2.30 bits per heavy atom. The van der Waals surface area contributed by atoms with Gasteiger partial charge in [0, 0.05) is 11.1 Å². The van der Waals surface area contributed by atoms with Gasteiger partial charge in [-0.3, -0.25) is 9.36 Å². The largest absolute Gasteiger partial charge is 0.495 e. The summed E-state index contributed by atoms with van der Waals surface area (Å²) in [6.07, 6.45) is 0. The number of aryl methyl sites for hydroxylation is 1. The van der Waals surface area contributed by atoms with Crippen molar-refractivity contribution in [3.05, 3.63) is 50.6 Å². The van der Waals surface area contributed by atoms with E-state index < -0.39 is 7.12 Å². The first-order valence-corrected chi connectivity index (χ1v) is 8.67. The highest BCUT2D eigenvalue weighted by atomic mass is 32.1. The van der Waals surface area contributed by atoms with Crippen LogP contribution in [0.3, 0.4) is 0 Å². The molecule has 0 aliphatic carbocycles. The molecule has 2 aromatic rings. The molecule has 0 unspecified atom stereocenters. The number of aromatic nitrogens is 1. The molecule has 3 rings (SSSR count). The Morgan fingerprint density at radius 1 is 1.13 bits per heavy atom. The summed E-state index contributed by atoms with van der Waals surface area (Å²) in [6, 6.07) is 8.01. The first kappa shape index (κ1) is 16.5. The van der Waals surface area contributed by atoms with Crippen LogP contribution in [0, 0.1) is 6.92 Å². The van der Waals surface area contributed by atoms with Crippen molar-refractivity contribution in [1.29, 1.82) is 0 Å². The minimum atomic E-state index is -0.411. The zero-order valence-electron chi connectivity index (χ0n) is 14.3. The number of thiazole rings is 1. The Kier molecular flexibility index (Phi) is 4.03. The second kappa shape index (κ2) is 5.62. The normalized spacial score (nSPS) is 19.3. The molecule has 2 heterocycles. The van der Waals surface area contributed by atoms with Gasteiger partial charge >= 0.3 is 12.0 Å². The van der Waals surface area contributed by atoms with Gasteiger partial charge in [0.2, 0.25) is 0 Å². The summed E-state index contributed by atoms with van der Waals surface area (Å²) in [7, 11) is -0.411. The van der Waals surface area contributed by atoms with Crippen molar-refractivity contribution in [3.8, 4) is 0 Å². The Morgan fingerprint density at radius 2 is 1.74 bits per heavy atom. The molecule has 1 fully saturated rings. The molecule has 0 N–H and O–H groups in total. The Labute approximate surface area is 141 Å². The molecule has 1 aliphatic heterocycles. The van der Waals surface area contributed by atoms with Crippen molar-refractivity contribution >= 4 is 23.9 Å². The van der Waals surface area contributed by atoms with E-state index in [0.717, 1.165) is 16.7 Å². The standard InChI is InChI=1S/C17H22BNO3S/c1-12-11-23-15(20)19(12)10-13-8-6-7-9-14(13)18-21-16(2,3)17(4,5)22-18/h6-9,11H,10H2,1-5H3. The SMILES string of the molecule is Cc1csc(=O)n1Cc1ccccc1B1OC(C)(C)C(C)(C)O1. The highest BCUT2D eigenvalue weighted by Gasteiger charge is 2.52. The van der Waals surface area contributed by atoms with Crippen LogP contribution in [0.15, 0.2) is 34.4 Å². The molecule has 1 aromatic heterocycles. The third kappa shape index (κ3) is 2.91. The lowest BCUT2D eigenvalue weighted by molar-refractivity contribution is 0.00578. The van der Waals surface area contributed by atoms with Crippen LogP contribution in [0.5, 0.6) is 0 Å². The molecule has 1 saturated heterocycles. The first-order chi connectivity index (χ1) is 10.7. The molecule has 0 spiro atoms. The molecule has 1 aromatic carbocycles. The van der Waals surface area contributed by atoms with Crippen molar-refractivity contribution in [3.63, 3.8) is 0 Å². The highest BCUT2D eigenvalue weighted by molar-refractivity contribution is 7.07. The van der Waals surface area contributed by atoms with Gasteiger partial charge in [-0.1, -0.05) is 35.6 Å². The van der Waals surface area contributed by atoms with Crippen LogP contribution in [-0.4, -0.2) is 22.9 Å². The van der Waals surface area contributed by atoms with E-state index in [-0.39, 0.29) is 16.1 Å². The minimum absolute atomic E-state index is 0.0613. The summed E-state index contributed by atoms with van der Waals surface area (Å²) < 4.78 is 14.1. The van der Waals surface area contributed by atoms with Crippen LogP contribution in [0.1, 0.15) is 39.0 Å². The van der Waals surface area contributed by atoms with Gasteiger partial charge in [0.05, 0.1) is 17.7 Å². The summed E-state index contributed by atoms with van der Waals surface area (Å²) >= 11 is 1.23. The summed E-state index contributed by atoms with van der Waals surface area (Å²) in [5.41, 5.74) is 2.27. The van der Waals surface area contributed by atoms with E-state index in [1.165, 1.54) is 11.3 Å². The van der Waals surface area contributed by atoms with Crippen molar-refractivity contribution in [2.75, 3.05) is 0 Å². The van der Waals surface area contributed by atoms with E-state index in [1.807, 2.05) is 64.3 Å². The second-order valence-electron chi connectivity index (χ2n) is 7.02. The topological polar surface area (TPSA) is 40.5 Å². The van der Waals surface area contributed by atoms with E-state index >= 15 is 0 Å². The van der Waals surface area contributed by atoms with E-state index in [1.54, 1.807) is 4.57 Å². The molecule has 23 heavy (non-hydrogen) atoms. The second-order valence-corrected chi connectivity index (χ2v) is 7.84. The fraction of sp³-hybridized carbons (Fsp3) is 0.471. The quantitative estimate of drug-likeness (QED) is 0.812. The molecule has 0 bridgehead atoms. The van der Waals surface area contributed by atoms with Crippen molar-refractivity contribution in [2.24, 2.45) is 0 Å². The molecule has 0 radical (unpaired) electrons. The van der Waals surface area contributed by atoms with Crippen LogP contribution >= 0.6 is 11.3 Å². The number of benzene rings is 1. The Balaban J connectivity index is 1.95. The van der Waals surface area contributed by atoms with Crippen LogP contribution < -0.4 is 10.3 Å². The molecular weight excluding hydrogens is 309 g/mol. The number of hydrogen-bond acceptors (Lipinski definition) is 4. The molecular formula is C17H22BNO3S. The Bertz CT molecular complexity index is 762. The molecule has 0 saturated carbocycles. The zero-order valence-corrected chi connectivity index (χ0v) is 15.1. The fourth-order valence-corrected chi connectivity index (χ4v) is 3.38. The summed E-state index contributed by atoms with van der Waals surface area (Å²) in [6.45, 7) is 10.7. The third-order valence-corrected chi connectivity index (χ3v) is 5.75. The van der Waals surface area contributed by atoms with Gasteiger partial charge < -0.3 is 9.31 Å². The summed E-state index contributed by atoms with van der Waals surface area (Å²) in [5, 5.41) is 1.89. The maximum Gasteiger partial charge on any atom is 0.495 e. The minimum Gasteiger partial charge on any atom is -0.399 e. The van der Waals surface area contributed by atoms with Crippen molar-refractivity contribution in [1.82, 2.24) is 4.57 Å². The lowest BCUT2D eigenvalue weighted by Crippen LogP contribution is -2.41. The molecule has 0 atom stereocenters. The maximum atomic E-state index is 12.0. The van der Waals surface area contributed by atoms with E-state index in [9.17, 15) is 4.79 Å². The molecule has 122 valence electrons. The molecule has 4 nitrogen and oxygen atoms in total. The predicted molar refractivity (Wildman–Crippen MR) is 94.6 cm³/mol. The molecule has 1 aliphatic rings.